The average Bonchev–Trinajstić information content (AvgIpc) is 3.46. The quantitative estimate of drug-likeness (QED) is 0.267. The summed E-state index contributed by atoms with van der Waals surface area (Å²) in [6, 6.07) is 5.59. The molecule has 4 rings (SSSR count). The van der Waals surface area contributed by atoms with Gasteiger partial charge in [-0.15, -0.1) is 0 Å². The molecule has 2 heterocycles. The molecule has 3 amide bonds. The smallest absolute Gasteiger partial charge is 0.247 e. The molecule has 230 valence electrons. The lowest BCUT2D eigenvalue weighted by atomic mass is 9.85. The fourth-order valence-electron chi connectivity index (χ4n) is 4.90. The van der Waals surface area contributed by atoms with Crippen molar-refractivity contribution in [3.8, 4) is 5.75 Å². The van der Waals surface area contributed by atoms with E-state index in [1.54, 1.807) is 37.1 Å². The van der Waals surface area contributed by atoms with Crippen LogP contribution in [0.15, 0.2) is 41.1 Å². The third-order valence-electron chi connectivity index (χ3n) is 7.46. The van der Waals surface area contributed by atoms with Gasteiger partial charge in [-0.05, 0) is 72.4 Å². The molecular formula is C30H37BrFN7O4. The van der Waals surface area contributed by atoms with Crippen LogP contribution in [0, 0.1) is 11.2 Å². The monoisotopic (exact) mass is 657 g/mol. The minimum atomic E-state index is -0.823. The van der Waals surface area contributed by atoms with Gasteiger partial charge in [0.25, 0.3) is 0 Å². The summed E-state index contributed by atoms with van der Waals surface area (Å²) < 4.78 is 19.7. The van der Waals surface area contributed by atoms with E-state index in [0.717, 1.165) is 0 Å². The number of rotatable bonds is 9. The van der Waals surface area contributed by atoms with E-state index in [4.69, 9.17) is 4.74 Å². The molecule has 1 fully saturated rings. The van der Waals surface area contributed by atoms with E-state index >= 15 is 0 Å². The van der Waals surface area contributed by atoms with E-state index in [-0.39, 0.29) is 23.5 Å². The SMILES string of the molecule is CN[C@@H](C)C(=O)N[C@H](C(=O)N1CCC[C@H]1C(=O)Nc1cc2c(Nc3ccc(F)cc3Br)ncnc2cc1OC)C(C)(C)C. The number of benzene rings is 2. The molecule has 1 saturated heterocycles. The van der Waals surface area contributed by atoms with Gasteiger partial charge in [0.05, 0.1) is 30.0 Å². The number of hydrogen-bond donors (Lipinski definition) is 4. The van der Waals surface area contributed by atoms with Crippen LogP contribution in [0.2, 0.25) is 0 Å². The molecule has 0 unspecified atom stereocenters. The number of carbonyl (C=O) groups excluding carboxylic acids is 3. The van der Waals surface area contributed by atoms with Gasteiger partial charge in [-0.25, -0.2) is 14.4 Å². The fourth-order valence-corrected chi connectivity index (χ4v) is 5.35. The predicted octanol–water partition coefficient (Wildman–Crippen LogP) is 4.35. The molecule has 13 heteroatoms. The maximum absolute atomic E-state index is 13.8. The first kappa shape index (κ1) is 32.1. The molecule has 0 saturated carbocycles. The normalized spacial score (nSPS) is 16.5. The van der Waals surface area contributed by atoms with Crippen LogP contribution in [-0.4, -0.2) is 71.4 Å². The number of nitrogens with one attached hydrogen (secondary N) is 4. The summed E-state index contributed by atoms with van der Waals surface area (Å²) in [5.74, 6) is -0.548. The van der Waals surface area contributed by atoms with E-state index < -0.39 is 23.5 Å². The Kier molecular flexibility index (Phi) is 9.86. The van der Waals surface area contributed by atoms with Crippen molar-refractivity contribution in [2.75, 3.05) is 31.3 Å². The molecule has 11 nitrogen and oxygen atoms in total. The zero-order chi connectivity index (χ0) is 31.5. The van der Waals surface area contributed by atoms with Gasteiger partial charge >= 0.3 is 0 Å². The molecule has 0 bridgehead atoms. The van der Waals surface area contributed by atoms with Crippen LogP contribution >= 0.6 is 15.9 Å². The van der Waals surface area contributed by atoms with Crippen LogP contribution in [0.3, 0.4) is 0 Å². The van der Waals surface area contributed by atoms with Crippen LogP contribution in [0.4, 0.5) is 21.6 Å². The van der Waals surface area contributed by atoms with Gasteiger partial charge in [0, 0.05) is 22.5 Å². The van der Waals surface area contributed by atoms with Crippen molar-refractivity contribution in [3.05, 3.63) is 46.9 Å². The molecular weight excluding hydrogens is 621 g/mol. The second kappa shape index (κ2) is 13.2. The third-order valence-corrected chi connectivity index (χ3v) is 8.12. The highest BCUT2D eigenvalue weighted by atomic mass is 79.9. The number of halogens is 2. The van der Waals surface area contributed by atoms with Crippen LogP contribution in [0.5, 0.6) is 5.75 Å². The average molecular weight is 659 g/mol. The van der Waals surface area contributed by atoms with E-state index in [0.29, 0.717) is 57.7 Å². The van der Waals surface area contributed by atoms with Crippen LogP contribution < -0.4 is 26.0 Å². The van der Waals surface area contributed by atoms with Crippen molar-refractivity contribution in [2.24, 2.45) is 5.41 Å². The highest BCUT2D eigenvalue weighted by Crippen LogP contribution is 2.35. The number of likely N-dealkylation sites (tertiary alicyclic amines) is 1. The molecule has 3 atom stereocenters. The second-order valence-electron chi connectivity index (χ2n) is 11.5. The lowest BCUT2D eigenvalue weighted by Gasteiger charge is -2.36. The van der Waals surface area contributed by atoms with Crippen molar-refractivity contribution in [2.45, 2.75) is 58.7 Å². The summed E-state index contributed by atoms with van der Waals surface area (Å²) in [7, 11) is 3.16. The van der Waals surface area contributed by atoms with Crippen molar-refractivity contribution >= 4 is 61.7 Å². The number of nitrogens with zero attached hydrogens (tertiary/aromatic N) is 3. The number of aromatic nitrogens is 2. The number of likely N-dealkylation sites (N-methyl/N-ethyl adjacent to an activating group) is 1. The molecule has 0 spiro atoms. The maximum Gasteiger partial charge on any atom is 0.247 e. The standard InChI is InChI=1S/C30H37BrFN7O4/c1-16(33-5)27(40)38-25(30(2,3)4)29(42)39-11-7-8-23(39)28(41)37-22-13-18-21(14-24(22)43-6)34-15-35-26(18)36-20-10-9-17(32)12-19(20)31/h9-10,12-16,23,25,33H,7-8,11H2,1-6H3,(H,37,41)(H,38,40)(H,34,35,36)/t16-,23-,25+/m0/s1. The minimum Gasteiger partial charge on any atom is -0.494 e. The number of amides is 3. The van der Waals surface area contributed by atoms with Crippen LogP contribution in [0.25, 0.3) is 10.9 Å². The summed E-state index contributed by atoms with van der Waals surface area (Å²) in [4.78, 5) is 50.4. The van der Waals surface area contributed by atoms with Gasteiger partial charge in [-0.1, -0.05) is 20.8 Å². The molecule has 0 radical (unpaired) electrons. The van der Waals surface area contributed by atoms with E-state index in [1.807, 2.05) is 20.8 Å². The Hall–Kier alpha value is -3.84. The van der Waals surface area contributed by atoms with Gasteiger partial charge in [0.2, 0.25) is 17.7 Å². The minimum absolute atomic E-state index is 0.295. The summed E-state index contributed by atoms with van der Waals surface area (Å²) in [5.41, 5.74) is 0.933. The molecule has 2 aromatic carbocycles. The predicted molar refractivity (Wildman–Crippen MR) is 167 cm³/mol. The van der Waals surface area contributed by atoms with Crippen LogP contribution in [0.1, 0.15) is 40.5 Å². The fraction of sp³-hybridized carbons (Fsp3) is 0.433. The first-order valence-corrected chi connectivity index (χ1v) is 14.8. The number of anilines is 3. The first-order valence-electron chi connectivity index (χ1n) is 14.0. The van der Waals surface area contributed by atoms with Crippen molar-refractivity contribution in [3.63, 3.8) is 0 Å². The van der Waals surface area contributed by atoms with Gasteiger partial charge in [-0.3, -0.25) is 14.4 Å². The highest BCUT2D eigenvalue weighted by Gasteiger charge is 2.42. The summed E-state index contributed by atoms with van der Waals surface area (Å²) in [6.07, 6.45) is 2.51. The molecule has 1 aliphatic rings. The van der Waals surface area contributed by atoms with E-state index in [1.165, 1.54) is 25.6 Å². The second-order valence-corrected chi connectivity index (χ2v) is 12.4. The van der Waals surface area contributed by atoms with Gasteiger partial charge < -0.3 is 30.9 Å². The third kappa shape index (κ3) is 7.21. The molecule has 43 heavy (non-hydrogen) atoms. The Morgan fingerprint density at radius 1 is 1.14 bits per heavy atom. The summed E-state index contributed by atoms with van der Waals surface area (Å²) in [6.45, 7) is 7.74. The highest BCUT2D eigenvalue weighted by molar-refractivity contribution is 9.10. The van der Waals surface area contributed by atoms with Gasteiger partial charge in [-0.2, -0.15) is 0 Å². The number of fused-ring (bicyclic) bond motifs is 1. The number of methoxy groups -OCH3 is 1. The molecule has 0 aliphatic carbocycles. The zero-order valence-electron chi connectivity index (χ0n) is 25.0. The Labute approximate surface area is 258 Å². The Balaban J connectivity index is 1.61. The van der Waals surface area contributed by atoms with E-state index in [9.17, 15) is 18.8 Å². The first-order chi connectivity index (χ1) is 20.3. The maximum atomic E-state index is 13.8. The van der Waals surface area contributed by atoms with Crippen molar-refractivity contribution < 1.29 is 23.5 Å². The van der Waals surface area contributed by atoms with E-state index in [2.05, 4.69) is 47.2 Å². The topological polar surface area (TPSA) is 138 Å². The van der Waals surface area contributed by atoms with Gasteiger partial charge in [0.15, 0.2) is 0 Å². The Bertz CT molecular complexity index is 1530. The summed E-state index contributed by atoms with van der Waals surface area (Å²) in [5, 5.41) is 12.5. The molecule has 4 N–H and O–H groups in total. The lowest BCUT2D eigenvalue weighted by Crippen LogP contribution is -2.59. The number of carbonyl (C=O) groups is 3. The lowest BCUT2D eigenvalue weighted by molar-refractivity contribution is -0.143. The summed E-state index contributed by atoms with van der Waals surface area (Å²) >= 11 is 3.36. The van der Waals surface area contributed by atoms with Crippen molar-refractivity contribution in [1.29, 1.82) is 0 Å². The zero-order valence-corrected chi connectivity index (χ0v) is 26.6. The molecule has 1 aliphatic heterocycles. The van der Waals surface area contributed by atoms with Crippen molar-refractivity contribution in [1.82, 2.24) is 25.5 Å². The molecule has 1 aromatic heterocycles. The number of hydrogen-bond acceptors (Lipinski definition) is 8. The Morgan fingerprint density at radius 2 is 1.88 bits per heavy atom. The van der Waals surface area contributed by atoms with Crippen LogP contribution in [-0.2, 0) is 14.4 Å². The number of ether oxygens (including phenoxy) is 1. The Morgan fingerprint density at radius 3 is 2.53 bits per heavy atom. The largest absolute Gasteiger partial charge is 0.494 e. The van der Waals surface area contributed by atoms with Gasteiger partial charge in [0.1, 0.15) is 35.8 Å². The molecule has 3 aromatic rings.